The van der Waals surface area contributed by atoms with Gasteiger partial charge in [-0.15, -0.1) is 0 Å². The van der Waals surface area contributed by atoms with Crippen LogP contribution < -0.4 is 0 Å². The predicted molar refractivity (Wildman–Crippen MR) is 42.5 cm³/mol. The number of halogens is 1. The van der Waals surface area contributed by atoms with Gasteiger partial charge in [0.05, 0.1) is 0 Å². The molecule has 0 bridgehead atoms. The third-order valence-corrected chi connectivity index (χ3v) is 2.06. The molecule has 0 saturated heterocycles. The SMILES string of the molecule is Oc1c(O)c(O)c(Br)c(O)c1O. The average Bonchev–Trinajstić information content (AvgIpc) is 2.08. The first-order valence-corrected chi connectivity index (χ1v) is 3.60. The lowest BCUT2D eigenvalue weighted by Gasteiger charge is -2.07. The third kappa shape index (κ3) is 1.00. The van der Waals surface area contributed by atoms with Crippen molar-refractivity contribution in [3.05, 3.63) is 4.47 Å². The van der Waals surface area contributed by atoms with E-state index in [1.165, 1.54) is 0 Å². The molecule has 0 amide bonds. The standard InChI is InChI=1S/C6H5BrO5/c7-1-2(8)4(10)6(12)5(11)3(1)9/h8-12H. The molecule has 1 rings (SSSR count). The van der Waals surface area contributed by atoms with Crippen LogP contribution in [0, 0.1) is 0 Å². The van der Waals surface area contributed by atoms with E-state index in [9.17, 15) is 0 Å². The van der Waals surface area contributed by atoms with Gasteiger partial charge in [-0.3, -0.25) is 0 Å². The van der Waals surface area contributed by atoms with E-state index in [-0.39, 0.29) is 4.47 Å². The maximum absolute atomic E-state index is 8.96. The van der Waals surface area contributed by atoms with Crippen LogP contribution >= 0.6 is 15.9 Å². The van der Waals surface area contributed by atoms with E-state index in [0.717, 1.165) is 0 Å². The average molecular weight is 237 g/mol. The molecule has 6 heteroatoms. The first-order chi connectivity index (χ1) is 5.46. The van der Waals surface area contributed by atoms with Gasteiger partial charge in [-0.1, -0.05) is 0 Å². The lowest BCUT2D eigenvalue weighted by atomic mass is 10.2. The van der Waals surface area contributed by atoms with Gasteiger partial charge < -0.3 is 25.5 Å². The van der Waals surface area contributed by atoms with Gasteiger partial charge in [0.25, 0.3) is 0 Å². The van der Waals surface area contributed by atoms with Crippen LogP contribution in [0.5, 0.6) is 28.7 Å². The van der Waals surface area contributed by atoms with Gasteiger partial charge in [0.15, 0.2) is 11.5 Å². The summed E-state index contributed by atoms with van der Waals surface area (Å²) in [4.78, 5) is 0. The maximum atomic E-state index is 8.96. The van der Waals surface area contributed by atoms with E-state index in [1.807, 2.05) is 0 Å². The molecule has 0 aliphatic rings. The second kappa shape index (κ2) is 2.63. The minimum absolute atomic E-state index is 0.282. The molecule has 0 radical (unpaired) electrons. The summed E-state index contributed by atoms with van der Waals surface area (Å²) in [5.41, 5.74) is 0. The Hall–Kier alpha value is -1.30. The maximum Gasteiger partial charge on any atom is 0.208 e. The summed E-state index contributed by atoms with van der Waals surface area (Å²) in [6.45, 7) is 0. The van der Waals surface area contributed by atoms with Crippen molar-refractivity contribution in [2.24, 2.45) is 0 Å². The van der Waals surface area contributed by atoms with Crippen LogP contribution in [0.2, 0.25) is 0 Å². The zero-order chi connectivity index (χ0) is 9.46. The Bertz CT molecular complexity index is 230. The summed E-state index contributed by atoms with van der Waals surface area (Å²) in [5.74, 6) is -4.21. The van der Waals surface area contributed by atoms with Gasteiger partial charge >= 0.3 is 0 Å². The van der Waals surface area contributed by atoms with E-state index >= 15 is 0 Å². The number of aromatic hydroxyl groups is 5. The van der Waals surface area contributed by atoms with Crippen molar-refractivity contribution in [1.29, 1.82) is 0 Å². The Balaban J connectivity index is 3.60. The lowest BCUT2D eigenvalue weighted by molar-refractivity contribution is 0.326. The zero-order valence-electron chi connectivity index (χ0n) is 5.61. The van der Waals surface area contributed by atoms with Crippen molar-refractivity contribution in [2.75, 3.05) is 0 Å². The van der Waals surface area contributed by atoms with Crippen molar-refractivity contribution < 1.29 is 25.5 Å². The fourth-order valence-corrected chi connectivity index (χ4v) is 1.03. The topological polar surface area (TPSA) is 101 Å². The molecule has 0 saturated carbocycles. The minimum Gasteiger partial charge on any atom is -0.503 e. The molecule has 0 fully saturated rings. The Morgan fingerprint density at radius 3 is 1.17 bits per heavy atom. The van der Waals surface area contributed by atoms with Crippen molar-refractivity contribution in [3.8, 4) is 28.7 Å². The van der Waals surface area contributed by atoms with E-state index in [2.05, 4.69) is 15.9 Å². The molecule has 0 unspecified atom stereocenters. The normalized spacial score (nSPS) is 10.1. The van der Waals surface area contributed by atoms with Gasteiger partial charge in [-0.05, 0) is 15.9 Å². The first kappa shape index (κ1) is 8.79. The molecule has 12 heavy (non-hydrogen) atoms. The Kier molecular flexibility index (Phi) is 1.93. The van der Waals surface area contributed by atoms with Crippen molar-refractivity contribution in [2.45, 2.75) is 0 Å². The number of rotatable bonds is 0. The summed E-state index contributed by atoms with van der Waals surface area (Å²) in [6.07, 6.45) is 0. The van der Waals surface area contributed by atoms with Crippen molar-refractivity contribution in [1.82, 2.24) is 0 Å². The van der Waals surface area contributed by atoms with Crippen LogP contribution in [0.15, 0.2) is 4.47 Å². The number of benzene rings is 1. The second-order valence-electron chi connectivity index (χ2n) is 2.06. The fourth-order valence-electron chi connectivity index (χ4n) is 0.657. The van der Waals surface area contributed by atoms with E-state index in [4.69, 9.17) is 25.5 Å². The number of hydrogen-bond acceptors (Lipinski definition) is 5. The van der Waals surface area contributed by atoms with Crippen LogP contribution in [0.4, 0.5) is 0 Å². The highest BCUT2D eigenvalue weighted by Crippen LogP contribution is 2.52. The molecule has 1 aromatic rings. The molecular weight excluding hydrogens is 232 g/mol. The Morgan fingerprint density at radius 2 is 0.833 bits per heavy atom. The summed E-state index contributed by atoms with van der Waals surface area (Å²) in [6, 6.07) is 0. The molecule has 0 spiro atoms. The second-order valence-corrected chi connectivity index (χ2v) is 2.85. The lowest BCUT2D eigenvalue weighted by Crippen LogP contribution is -1.77. The molecular formula is C6H5BrO5. The monoisotopic (exact) mass is 236 g/mol. The van der Waals surface area contributed by atoms with Crippen LogP contribution in [0.1, 0.15) is 0 Å². The summed E-state index contributed by atoms with van der Waals surface area (Å²) in [5, 5.41) is 44.6. The molecule has 0 aliphatic heterocycles. The largest absolute Gasteiger partial charge is 0.503 e. The molecule has 5 nitrogen and oxygen atoms in total. The summed E-state index contributed by atoms with van der Waals surface area (Å²) < 4.78 is -0.282. The van der Waals surface area contributed by atoms with Gasteiger partial charge in [0.1, 0.15) is 4.47 Å². The van der Waals surface area contributed by atoms with Gasteiger partial charge in [0.2, 0.25) is 17.2 Å². The molecule has 5 N–H and O–H groups in total. The molecule has 0 heterocycles. The summed E-state index contributed by atoms with van der Waals surface area (Å²) in [7, 11) is 0. The number of phenolic OH excluding ortho intramolecular Hbond substituents is 5. The molecule has 0 aromatic heterocycles. The first-order valence-electron chi connectivity index (χ1n) is 2.81. The van der Waals surface area contributed by atoms with Crippen LogP contribution in [-0.2, 0) is 0 Å². The highest BCUT2D eigenvalue weighted by atomic mass is 79.9. The molecule has 0 aliphatic carbocycles. The van der Waals surface area contributed by atoms with E-state index < -0.39 is 28.7 Å². The molecule has 0 atom stereocenters. The molecule has 66 valence electrons. The highest BCUT2D eigenvalue weighted by Gasteiger charge is 2.20. The zero-order valence-corrected chi connectivity index (χ0v) is 7.20. The Morgan fingerprint density at radius 1 is 0.583 bits per heavy atom. The number of phenols is 5. The van der Waals surface area contributed by atoms with Crippen molar-refractivity contribution >= 4 is 15.9 Å². The minimum atomic E-state index is -0.965. The summed E-state index contributed by atoms with van der Waals surface area (Å²) >= 11 is 2.68. The van der Waals surface area contributed by atoms with Crippen LogP contribution in [0.25, 0.3) is 0 Å². The van der Waals surface area contributed by atoms with Crippen LogP contribution in [-0.4, -0.2) is 25.5 Å². The van der Waals surface area contributed by atoms with Gasteiger partial charge in [0, 0.05) is 0 Å². The predicted octanol–water partition coefficient (Wildman–Crippen LogP) is 0.977. The smallest absolute Gasteiger partial charge is 0.208 e. The quantitative estimate of drug-likeness (QED) is 0.342. The van der Waals surface area contributed by atoms with Gasteiger partial charge in [-0.2, -0.15) is 0 Å². The van der Waals surface area contributed by atoms with E-state index in [1.54, 1.807) is 0 Å². The third-order valence-electron chi connectivity index (χ3n) is 1.31. The number of hydrogen-bond donors (Lipinski definition) is 5. The Labute approximate surface area is 75.3 Å². The van der Waals surface area contributed by atoms with Crippen molar-refractivity contribution in [3.63, 3.8) is 0 Å². The van der Waals surface area contributed by atoms with Crippen LogP contribution in [0.3, 0.4) is 0 Å². The highest BCUT2D eigenvalue weighted by molar-refractivity contribution is 9.10. The molecule has 1 aromatic carbocycles. The van der Waals surface area contributed by atoms with E-state index in [0.29, 0.717) is 0 Å². The fraction of sp³-hybridized carbons (Fsp3) is 0. The van der Waals surface area contributed by atoms with Gasteiger partial charge in [-0.25, -0.2) is 0 Å².